The summed E-state index contributed by atoms with van der Waals surface area (Å²) in [7, 11) is 1.63. The molecule has 0 spiro atoms. The highest BCUT2D eigenvalue weighted by Crippen LogP contribution is 2.21. The number of amides is 1. The first kappa shape index (κ1) is 18.5. The average molecular weight is 325 g/mol. The molecule has 2 N–H and O–H groups in total. The second kappa shape index (κ2) is 10.2. The number of carbonyl (C=O) groups excluding carboxylic acids is 1. The third-order valence-corrected chi connectivity index (χ3v) is 3.98. The maximum absolute atomic E-state index is 11.9. The summed E-state index contributed by atoms with van der Waals surface area (Å²) in [5, 5.41) is 11.8. The van der Waals surface area contributed by atoms with Crippen molar-refractivity contribution in [2.75, 3.05) is 20.0 Å². The number of hydrogen-bond acceptors (Lipinski definition) is 4. The van der Waals surface area contributed by atoms with E-state index in [4.69, 9.17) is 9.84 Å². The first-order valence-corrected chi connectivity index (χ1v) is 8.43. The van der Waals surface area contributed by atoms with Gasteiger partial charge >= 0.3 is 5.97 Å². The summed E-state index contributed by atoms with van der Waals surface area (Å²) in [4.78, 5) is 24.1. The topological polar surface area (TPSA) is 75.6 Å². The van der Waals surface area contributed by atoms with Crippen molar-refractivity contribution < 1.29 is 19.4 Å². The second-order valence-corrected chi connectivity index (χ2v) is 5.82. The van der Waals surface area contributed by atoms with Crippen molar-refractivity contribution in [2.24, 2.45) is 0 Å². The molecule has 1 unspecified atom stereocenters. The molecule has 0 aliphatic rings. The van der Waals surface area contributed by atoms with Crippen molar-refractivity contribution in [2.45, 2.75) is 36.6 Å². The number of nitrogens with one attached hydrogen (secondary N) is 1. The van der Waals surface area contributed by atoms with Gasteiger partial charge in [0.15, 0.2) is 0 Å². The number of methoxy groups -OCH3 is 1. The van der Waals surface area contributed by atoms with E-state index >= 15 is 0 Å². The van der Waals surface area contributed by atoms with Gasteiger partial charge in [0.05, 0.1) is 12.5 Å². The Bertz CT molecular complexity index is 476. The minimum atomic E-state index is -0.932. The van der Waals surface area contributed by atoms with E-state index in [0.29, 0.717) is 13.0 Å². The second-order valence-electron chi connectivity index (χ2n) is 4.94. The number of thioether (sulfide) groups is 1. The summed E-state index contributed by atoms with van der Waals surface area (Å²) in [6, 6.07) is 7.09. The summed E-state index contributed by atoms with van der Waals surface area (Å²) >= 11 is 1.62. The van der Waals surface area contributed by atoms with Crippen LogP contribution in [0.3, 0.4) is 0 Å². The quantitative estimate of drug-likeness (QED) is 0.511. The number of hydrogen-bond donors (Lipinski definition) is 2. The molecule has 1 amide bonds. The smallest absolute Gasteiger partial charge is 0.305 e. The highest BCUT2D eigenvalue weighted by Gasteiger charge is 2.17. The average Bonchev–Trinajstić information content (AvgIpc) is 2.50. The Morgan fingerprint density at radius 2 is 1.95 bits per heavy atom. The Hall–Kier alpha value is -1.53. The SMILES string of the molecule is COCCCCC(=O)NC(CC(=O)O)c1ccc(SC)cc1. The Kier molecular flexibility index (Phi) is 8.62. The predicted molar refractivity (Wildman–Crippen MR) is 87.1 cm³/mol. The molecule has 1 rings (SSSR count). The van der Waals surface area contributed by atoms with Crippen LogP contribution in [-0.2, 0) is 14.3 Å². The molecule has 0 aromatic heterocycles. The number of carbonyl (C=O) groups is 2. The lowest BCUT2D eigenvalue weighted by Crippen LogP contribution is -2.30. The highest BCUT2D eigenvalue weighted by molar-refractivity contribution is 7.98. The van der Waals surface area contributed by atoms with Crippen LogP contribution in [0.5, 0.6) is 0 Å². The lowest BCUT2D eigenvalue weighted by molar-refractivity contribution is -0.137. The molecule has 0 fully saturated rings. The lowest BCUT2D eigenvalue weighted by Gasteiger charge is -2.18. The number of benzene rings is 1. The summed E-state index contributed by atoms with van der Waals surface area (Å²) in [5.74, 6) is -1.06. The Balaban J connectivity index is 2.63. The van der Waals surface area contributed by atoms with Gasteiger partial charge in [-0.05, 0) is 36.8 Å². The van der Waals surface area contributed by atoms with E-state index in [1.165, 1.54) is 0 Å². The fourth-order valence-corrected chi connectivity index (χ4v) is 2.47. The van der Waals surface area contributed by atoms with Gasteiger partial charge in [-0.1, -0.05) is 12.1 Å². The predicted octanol–water partition coefficient (Wildman–Crippen LogP) is 2.86. The minimum absolute atomic E-state index is 0.123. The summed E-state index contributed by atoms with van der Waals surface area (Å²) < 4.78 is 4.94. The van der Waals surface area contributed by atoms with Crippen molar-refractivity contribution in [3.8, 4) is 0 Å². The molecule has 0 radical (unpaired) electrons. The zero-order valence-electron chi connectivity index (χ0n) is 13.0. The van der Waals surface area contributed by atoms with Crippen LogP contribution < -0.4 is 5.32 Å². The standard InChI is InChI=1S/C16H23NO4S/c1-21-10-4-3-5-15(18)17-14(11-16(19)20)12-6-8-13(22-2)9-7-12/h6-9,14H,3-5,10-11H2,1-2H3,(H,17,18)(H,19,20). The van der Waals surface area contributed by atoms with Gasteiger partial charge in [-0.15, -0.1) is 11.8 Å². The van der Waals surface area contributed by atoms with Gasteiger partial charge in [-0.2, -0.15) is 0 Å². The third-order valence-electron chi connectivity index (χ3n) is 3.23. The van der Waals surface area contributed by atoms with E-state index in [1.54, 1.807) is 18.9 Å². The van der Waals surface area contributed by atoms with E-state index < -0.39 is 12.0 Å². The van der Waals surface area contributed by atoms with Crippen LogP contribution in [0.1, 0.15) is 37.3 Å². The molecule has 5 nitrogen and oxygen atoms in total. The largest absolute Gasteiger partial charge is 0.481 e. The molecular weight excluding hydrogens is 302 g/mol. The molecular formula is C16H23NO4S. The van der Waals surface area contributed by atoms with Crippen LogP contribution in [0, 0.1) is 0 Å². The van der Waals surface area contributed by atoms with Crippen molar-refractivity contribution in [3.63, 3.8) is 0 Å². The highest BCUT2D eigenvalue weighted by atomic mass is 32.2. The van der Waals surface area contributed by atoms with Crippen molar-refractivity contribution >= 4 is 23.6 Å². The monoisotopic (exact) mass is 325 g/mol. The van der Waals surface area contributed by atoms with Crippen LogP contribution in [-0.4, -0.2) is 37.0 Å². The Morgan fingerprint density at radius 3 is 2.50 bits per heavy atom. The van der Waals surface area contributed by atoms with E-state index in [-0.39, 0.29) is 12.3 Å². The lowest BCUT2D eigenvalue weighted by atomic mass is 10.0. The van der Waals surface area contributed by atoms with E-state index in [1.807, 2.05) is 30.5 Å². The van der Waals surface area contributed by atoms with Crippen molar-refractivity contribution in [3.05, 3.63) is 29.8 Å². The van der Waals surface area contributed by atoms with Crippen LogP contribution in [0.25, 0.3) is 0 Å². The Labute approximate surface area is 135 Å². The molecule has 1 aromatic rings. The minimum Gasteiger partial charge on any atom is -0.481 e. The molecule has 0 aliphatic heterocycles. The van der Waals surface area contributed by atoms with Crippen LogP contribution in [0.15, 0.2) is 29.2 Å². The molecule has 6 heteroatoms. The van der Waals surface area contributed by atoms with Gasteiger partial charge in [0.25, 0.3) is 0 Å². The summed E-state index contributed by atoms with van der Waals surface area (Å²) in [6.07, 6.45) is 3.77. The molecule has 122 valence electrons. The van der Waals surface area contributed by atoms with E-state index in [2.05, 4.69) is 5.32 Å². The first-order chi connectivity index (χ1) is 10.6. The maximum Gasteiger partial charge on any atom is 0.305 e. The molecule has 0 heterocycles. The third kappa shape index (κ3) is 6.95. The van der Waals surface area contributed by atoms with Crippen molar-refractivity contribution in [1.82, 2.24) is 5.32 Å². The number of carboxylic acids is 1. The van der Waals surface area contributed by atoms with Crippen LogP contribution in [0.2, 0.25) is 0 Å². The molecule has 0 bridgehead atoms. The summed E-state index contributed by atoms with van der Waals surface area (Å²) in [6.45, 7) is 0.627. The number of aliphatic carboxylic acids is 1. The summed E-state index contributed by atoms with van der Waals surface area (Å²) in [5.41, 5.74) is 0.811. The van der Waals surface area contributed by atoms with Crippen molar-refractivity contribution in [1.29, 1.82) is 0 Å². The fourth-order valence-electron chi connectivity index (χ4n) is 2.06. The van der Waals surface area contributed by atoms with Gasteiger partial charge < -0.3 is 15.2 Å². The molecule has 0 saturated carbocycles. The number of unbranched alkanes of at least 4 members (excludes halogenated alkanes) is 1. The fraction of sp³-hybridized carbons (Fsp3) is 0.500. The van der Waals surface area contributed by atoms with Gasteiger partial charge in [-0.3, -0.25) is 9.59 Å². The van der Waals surface area contributed by atoms with Gasteiger partial charge in [0.2, 0.25) is 5.91 Å². The number of ether oxygens (including phenoxy) is 1. The van der Waals surface area contributed by atoms with Crippen LogP contribution in [0.4, 0.5) is 0 Å². The zero-order valence-corrected chi connectivity index (χ0v) is 13.8. The molecule has 0 saturated heterocycles. The number of carboxylic acid groups (broad SMARTS) is 1. The molecule has 1 aromatic carbocycles. The van der Waals surface area contributed by atoms with Gasteiger partial charge in [-0.25, -0.2) is 0 Å². The molecule has 1 atom stereocenters. The normalized spacial score (nSPS) is 11.9. The molecule has 22 heavy (non-hydrogen) atoms. The molecule has 0 aliphatic carbocycles. The first-order valence-electron chi connectivity index (χ1n) is 7.21. The van der Waals surface area contributed by atoms with E-state index in [9.17, 15) is 9.59 Å². The van der Waals surface area contributed by atoms with Gasteiger partial charge in [0.1, 0.15) is 0 Å². The van der Waals surface area contributed by atoms with Crippen LogP contribution >= 0.6 is 11.8 Å². The van der Waals surface area contributed by atoms with Gasteiger partial charge in [0, 0.05) is 25.0 Å². The zero-order chi connectivity index (χ0) is 16.4. The number of rotatable bonds is 10. The Morgan fingerprint density at radius 1 is 1.27 bits per heavy atom. The van der Waals surface area contributed by atoms with E-state index in [0.717, 1.165) is 23.3 Å². The maximum atomic E-state index is 11.9.